The molecule has 3 aliphatic carbocycles. The second-order valence-electron chi connectivity index (χ2n) is 9.06. The predicted molar refractivity (Wildman–Crippen MR) is 344 cm³/mol. The van der Waals surface area contributed by atoms with Crippen molar-refractivity contribution in [2.75, 3.05) is 0 Å². The van der Waals surface area contributed by atoms with Crippen LogP contribution in [0.5, 0.6) is 0 Å². The van der Waals surface area contributed by atoms with E-state index in [9.17, 15) is 9.59 Å². The van der Waals surface area contributed by atoms with Crippen molar-refractivity contribution < 1.29 is 9.59 Å². The van der Waals surface area contributed by atoms with E-state index < -0.39 is 10.8 Å². The van der Waals surface area contributed by atoms with Crippen molar-refractivity contribution in [2.24, 2.45) is 0 Å². The van der Waals surface area contributed by atoms with Gasteiger partial charge in [0, 0.05) is 379 Å². The van der Waals surface area contributed by atoms with Gasteiger partial charge >= 0.3 is 0 Å². The van der Waals surface area contributed by atoms with E-state index in [0.717, 1.165) is 22.5 Å². The van der Waals surface area contributed by atoms with E-state index in [1.54, 1.807) is 119 Å². The topological polar surface area (TPSA) is 59.9 Å². The number of rotatable bonds is 0. The Morgan fingerprint density at radius 2 is 0.690 bits per heavy atom. The molecule has 2 aromatic heterocycles. The van der Waals surface area contributed by atoms with E-state index in [0.29, 0.717) is 25.7 Å². The van der Waals surface area contributed by atoms with Gasteiger partial charge in [-0.2, -0.15) is 0 Å². The Kier molecular flexibility index (Phi) is 34.5. The summed E-state index contributed by atoms with van der Waals surface area (Å²) >= 11 is 9.59. The molecular weight excluding hydrogens is 1430 g/mol. The number of pyridine rings is 2. The Morgan fingerprint density at radius 3 is 1.03 bits per heavy atom. The summed E-state index contributed by atoms with van der Waals surface area (Å²) in [6.07, 6.45) is 5.26. The lowest BCUT2D eigenvalue weighted by molar-refractivity contribution is -0.120. The van der Waals surface area contributed by atoms with Crippen molar-refractivity contribution in [1.82, 2.24) is 9.97 Å². The van der Waals surface area contributed by atoms with E-state index in [2.05, 4.69) is 9.97 Å². The fourth-order valence-corrected chi connectivity index (χ4v) is 93.3. The maximum Gasteiger partial charge on any atom is 0.134 e. The molecule has 2 heterocycles. The highest BCUT2D eigenvalue weighted by Gasteiger charge is 2.68. The zero-order valence-electron chi connectivity index (χ0n) is 26.7. The van der Waals surface area contributed by atoms with Crippen LogP contribution in [0.25, 0.3) is 11.3 Å². The molecule has 0 amide bonds. The van der Waals surface area contributed by atoms with Crippen LogP contribution in [0.3, 0.4) is 0 Å². The Balaban J connectivity index is 0.000000282. The molecule has 0 saturated heterocycles. The number of nitrogens with zero attached hydrogens (tertiary/aromatic N) is 2. The third-order valence-electron chi connectivity index (χ3n) is 6.67. The van der Waals surface area contributed by atoms with Crippen molar-refractivity contribution in [1.29, 1.82) is 0 Å². The number of Topliss-reactive ketones (excluding diaryl/α,β-unsaturated/α-hetero) is 2. The second-order valence-corrected chi connectivity index (χ2v) is 69.2. The fourth-order valence-electron chi connectivity index (χ4n) is 5.46. The van der Waals surface area contributed by atoms with E-state index >= 15 is 0 Å². The molecule has 0 atom stereocenters. The molecular formula is C18H14N2O2S36. The van der Waals surface area contributed by atoms with Crippen LogP contribution in [-0.4, -0.2) is 21.5 Å². The zero-order chi connectivity index (χ0) is 41.0. The number of hydrogen-bond acceptors (Lipinski definition) is 6. The molecule has 2 fully saturated rings. The molecule has 2 saturated carbocycles. The third-order valence-corrected chi connectivity index (χ3v) is 80.0. The Bertz CT molecular complexity index is 3340. The minimum Gasteiger partial charge on any atom is -0.300 e. The maximum absolute atomic E-state index is 12.4. The molecule has 0 aliphatic heterocycles. The predicted octanol–water partition coefficient (Wildman–Crippen LogP) is 2.27. The van der Waals surface area contributed by atoms with Crippen LogP contribution < -0.4 is 0 Å². The van der Waals surface area contributed by atoms with Gasteiger partial charge in [0.05, 0.1) is 11.4 Å². The molecule has 324 valence electrons. The molecule has 3 aliphatic rings. The van der Waals surface area contributed by atoms with Crippen LogP contribution in [0.1, 0.15) is 36.9 Å². The van der Waals surface area contributed by atoms with Gasteiger partial charge in [-0.3, -0.25) is 19.6 Å². The number of carbonyl (C=O) groups is 2. The molecule has 0 aromatic carbocycles. The maximum atomic E-state index is 12.4. The molecule has 5 rings (SSSR count). The minimum atomic E-state index is -0.451. The smallest absolute Gasteiger partial charge is 0.134 e. The first-order valence-corrected chi connectivity index (χ1v) is 60.1. The molecule has 40 heteroatoms. The molecule has 2 aromatic rings. The Hall–Kier alpha value is 5.56. The standard InChI is InChI=1S/C18H14N2O2.S36/c21-11-7-17-8-12(22)10-18(17,9-11)16-13(3-1-6-20-16)15-14(17)4-2-5-19-15;1-3-5-7-9-11-13-15-17-19-21-23-25-27-29-31-33-35-36-34-32-30-28-26-24-22-20-18-16-14-12-10-8-6-4-2/h1-6H,7-10H2;. The molecule has 0 spiro atoms. The van der Waals surface area contributed by atoms with Gasteiger partial charge < -0.3 is 0 Å². The number of hydrogen-bond donors (Lipinski definition) is 0. The summed E-state index contributed by atoms with van der Waals surface area (Å²) in [6.45, 7) is 0. The second kappa shape index (κ2) is 35.6. The van der Waals surface area contributed by atoms with Gasteiger partial charge in [0.25, 0.3) is 0 Å². The van der Waals surface area contributed by atoms with Gasteiger partial charge in [-0.15, -0.1) is 0 Å². The molecule has 0 unspecified atom stereocenters. The van der Waals surface area contributed by atoms with Crippen molar-refractivity contribution in [3.8, 4) is 11.3 Å². The lowest BCUT2D eigenvalue weighted by atomic mass is 9.58. The molecule has 0 N–H and O–H groups in total. The molecule has 0 radical (unpaired) electrons. The highest BCUT2D eigenvalue weighted by Crippen LogP contribution is 2.66. The summed E-state index contributed by atoms with van der Waals surface area (Å²) in [6, 6.07) is 7.86. The highest BCUT2D eigenvalue weighted by atomic mass is 33.5. The van der Waals surface area contributed by atoms with E-state index in [1.165, 1.54) is 17.8 Å². The van der Waals surface area contributed by atoms with E-state index in [4.69, 9.17) is 22.4 Å². The van der Waals surface area contributed by atoms with Gasteiger partial charge in [-0.05, 0) is 23.8 Å². The third kappa shape index (κ3) is 20.3. The Labute approximate surface area is 441 Å². The van der Waals surface area contributed by atoms with Gasteiger partial charge in [0.2, 0.25) is 0 Å². The average Bonchev–Trinajstić information content (AvgIpc) is 3.69. The molecule has 4 nitrogen and oxygen atoms in total. The molecule has 0 bridgehead atoms. The average molecular weight is 1440 g/mol. The summed E-state index contributed by atoms with van der Waals surface area (Å²) < 4.78 is 0. The largest absolute Gasteiger partial charge is 0.300 e. The first-order valence-electron chi connectivity index (χ1n) is 13.4. The number of fused-ring (bicyclic) bond motifs is 3. The van der Waals surface area contributed by atoms with E-state index in [-0.39, 0.29) is 11.6 Å². The zero-order valence-corrected chi connectivity index (χ0v) is 56.1. The van der Waals surface area contributed by atoms with Gasteiger partial charge in [0.15, 0.2) is 0 Å². The van der Waals surface area contributed by atoms with Crippen LogP contribution in [0, 0.1) is 0 Å². The van der Waals surface area contributed by atoms with Gasteiger partial charge in [-0.1, -0.05) is 6.07 Å². The fraction of sp³-hybridized carbons (Fsp3) is 0.333. The van der Waals surface area contributed by atoms with Crippen molar-refractivity contribution in [3.63, 3.8) is 0 Å². The van der Waals surface area contributed by atoms with Crippen molar-refractivity contribution in [3.05, 3.63) is 47.9 Å². The lowest BCUT2D eigenvalue weighted by Gasteiger charge is -2.44. The SMILES string of the molecule is O=C1CC23CC(=O)CC2(C1)c1ncccc1-c1ncccc13.S=S=S=S=S=S=S=S=S=S=S=S=S=S=S=S=S=S=S=S=S=S=S=S=S=S=S=S=S=S=S=S=S=S=S=S. The number of ketones is 2. The van der Waals surface area contributed by atoms with Crippen LogP contribution >= 0.6 is 0 Å². The first-order chi connectivity index (χ1) is 28.6. The summed E-state index contributed by atoms with van der Waals surface area (Å²) in [5.41, 5.74) is 2.97. The summed E-state index contributed by atoms with van der Waals surface area (Å²) in [4.78, 5) is 33.9. The number of aromatic nitrogens is 2. The van der Waals surface area contributed by atoms with Crippen LogP contribution in [0.15, 0.2) is 36.7 Å². The van der Waals surface area contributed by atoms with Crippen LogP contribution in [0.4, 0.5) is 0 Å². The van der Waals surface area contributed by atoms with Crippen LogP contribution in [-0.2, 0) is 345 Å². The van der Waals surface area contributed by atoms with Gasteiger partial charge in [-0.25, -0.2) is 0 Å². The van der Waals surface area contributed by atoms with Crippen molar-refractivity contribution >= 4 is 336 Å². The van der Waals surface area contributed by atoms with Crippen molar-refractivity contribution in [2.45, 2.75) is 36.5 Å². The van der Waals surface area contributed by atoms with E-state index in [1.807, 2.05) is 202 Å². The van der Waals surface area contributed by atoms with Gasteiger partial charge in [0.1, 0.15) is 11.6 Å². The highest BCUT2D eigenvalue weighted by molar-refractivity contribution is 8.80. The normalized spacial score (nSPS) is 16.7. The molecule has 58 heavy (non-hydrogen) atoms. The summed E-state index contributed by atoms with van der Waals surface area (Å²) in [5.74, 6) is 0.474. The monoisotopic (exact) mass is 1440 g/mol. The Morgan fingerprint density at radius 1 is 0.397 bits per heavy atom. The first kappa shape index (κ1) is 56.2. The van der Waals surface area contributed by atoms with Crippen LogP contribution in [0.2, 0.25) is 0 Å². The lowest BCUT2D eigenvalue weighted by Crippen LogP contribution is -2.44. The number of carbonyl (C=O) groups excluding carboxylic acids is 2. The summed E-state index contributed by atoms with van der Waals surface area (Å²) in [7, 11) is 60.1. The minimum absolute atomic E-state index is 0.237. The summed E-state index contributed by atoms with van der Waals surface area (Å²) in [5, 5.41) is 0. The quantitative estimate of drug-likeness (QED) is 0.405.